The third-order valence-corrected chi connectivity index (χ3v) is 3.86. The van der Waals surface area contributed by atoms with E-state index in [2.05, 4.69) is 47.1 Å². The first-order valence-electron chi connectivity index (χ1n) is 7.26. The molecule has 0 aliphatic rings. The van der Waals surface area contributed by atoms with Crippen LogP contribution in [0.25, 0.3) is 12.2 Å². The van der Waals surface area contributed by atoms with Crippen molar-refractivity contribution in [1.29, 1.82) is 0 Å². The van der Waals surface area contributed by atoms with Crippen LogP contribution in [0.4, 0.5) is 0 Å². The molecule has 0 amide bonds. The number of unbranched alkanes of at least 4 members (excludes halogenated alkanes) is 1. The molecule has 2 aromatic carbocycles. The molecule has 0 unspecified atom stereocenters. The highest BCUT2D eigenvalue weighted by Gasteiger charge is 2.03. The molecule has 0 saturated heterocycles. The first kappa shape index (κ1) is 15.7. The van der Waals surface area contributed by atoms with Gasteiger partial charge in [0, 0.05) is 16.5 Å². The van der Waals surface area contributed by atoms with Crippen molar-refractivity contribution >= 4 is 33.9 Å². The molecule has 108 valence electrons. The van der Waals surface area contributed by atoms with Crippen molar-refractivity contribution in [3.8, 4) is 0 Å². The minimum absolute atomic E-state index is 0.236. The third-order valence-electron chi connectivity index (χ3n) is 3.33. The summed E-state index contributed by atoms with van der Waals surface area (Å²) < 4.78 is 1.08. The number of hydrogen-bond donors (Lipinski definition) is 0. The van der Waals surface area contributed by atoms with E-state index >= 15 is 0 Å². The Labute approximate surface area is 134 Å². The van der Waals surface area contributed by atoms with Gasteiger partial charge in [0.1, 0.15) is 0 Å². The number of rotatable bonds is 6. The van der Waals surface area contributed by atoms with Crippen molar-refractivity contribution in [3.63, 3.8) is 0 Å². The largest absolute Gasteiger partial charge is 0.294 e. The van der Waals surface area contributed by atoms with Crippen molar-refractivity contribution in [2.24, 2.45) is 0 Å². The Kier molecular flexibility index (Phi) is 5.94. The van der Waals surface area contributed by atoms with Crippen molar-refractivity contribution in [3.05, 3.63) is 69.7 Å². The van der Waals surface area contributed by atoms with E-state index in [9.17, 15) is 4.79 Å². The van der Waals surface area contributed by atoms with Crippen LogP contribution in [0.2, 0.25) is 0 Å². The lowest BCUT2D eigenvalue weighted by Gasteiger charge is -2.01. The number of carbonyl (C=O) groups excluding carboxylic acids is 1. The van der Waals surface area contributed by atoms with Gasteiger partial charge in [-0.25, -0.2) is 0 Å². The summed E-state index contributed by atoms with van der Waals surface area (Å²) in [7, 11) is 0. The molecule has 0 aliphatic carbocycles. The average molecular weight is 343 g/mol. The highest BCUT2D eigenvalue weighted by atomic mass is 79.9. The maximum atomic E-state index is 11.9. The lowest BCUT2D eigenvalue weighted by Crippen LogP contribution is -1.98. The first-order chi connectivity index (χ1) is 10.2. The molecule has 0 spiro atoms. The van der Waals surface area contributed by atoms with Crippen LogP contribution in [0.3, 0.4) is 0 Å². The van der Waals surface area contributed by atoms with E-state index in [0.717, 1.165) is 34.0 Å². The number of halogens is 1. The molecule has 0 radical (unpaired) electrons. The van der Waals surface area contributed by atoms with E-state index in [1.807, 2.05) is 36.4 Å². The predicted octanol–water partition coefficient (Wildman–Crippen LogP) is 5.99. The van der Waals surface area contributed by atoms with Crippen molar-refractivity contribution in [2.75, 3.05) is 0 Å². The van der Waals surface area contributed by atoms with E-state index in [1.165, 1.54) is 0 Å². The summed E-state index contributed by atoms with van der Waals surface area (Å²) in [5, 5.41) is 0. The van der Waals surface area contributed by atoms with Gasteiger partial charge in [0.2, 0.25) is 0 Å². The zero-order valence-electron chi connectivity index (χ0n) is 12.2. The summed E-state index contributed by atoms with van der Waals surface area (Å²) in [6.07, 6.45) is 6.79. The topological polar surface area (TPSA) is 17.1 Å². The number of ketones is 1. The zero-order chi connectivity index (χ0) is 15.1. The fourth-order valence-electron chi connectivity index (χ4n) is 2.03. The summed E-state index contributed by atoms with van der Waals surface area (Å²) in [5.41, 5.74) is 3.07. The predicted molar refractivity (Wildman–Crippen MR) is 93.4 cm³/mol. The van der Waals surface area contributed by atoms with Crippen molar-refractivity contribution in [1.82, 2.24) is 0 Å². The van der Waals surface area contributed by atoms with Gasteiger partial charge in [0.25, 0.3) is 0 Å². The lowest BCUT2D eigenvalue weighted by atomic mass is 10.0. The fourth-order valence-corrected chi connectivity index (χ4v) is 2.29. The Morgan fingerprint density at radius 2 is 1.48 bits per heavy atom. The van der Waals surface area contributed by atoms with Crippen molar-refractivity contribution in [2.45, 2.75) is 26.2 Å². The second kappa shape index (κ2) is 7.94. The van der Waals surface area contributed by atoms with E-state index in [4.69, 9.17) is 0 Å². The van der Waals surface area contributed by atoms with Crippen LogP contribution in [-0.4, -0.2) is 5.78 Å². The van der Waals surface area contributed by atoms with Gasteiger partial charge in [-0.15, -0.1) is 0 Å². The quantitative estimate of drug-likeness (QED) is 0.465. The molecule has 0 aliphatic heterocycles. The standard InChI is InChI=1S/C19H19BrO/c1-2-3-4-19(21)17-11-7-15(8-12-17)5-6-16-9-13-18(20)14-10-16/h5-14H,2-4H2,1H3. The van der Waals surface area contributed by atoms with Crippen LogP contribution in [0, 0.1) is 0 Å². The van der Waals surface area contributed by atoms with Crippen LogP contribution in [0.5, 0.6) is 0 Å². The molecule has 2 rings (SSSR count). The first-order valence-corrected chi connectivity index (χ1v) is 8.05. The highest BCUT2D eigenvalue weighted by molar-refractivity contribution is 9.10. The fraction of sp³-hybridized carbons (Fsp3) is 0.211. The maximum absolute atomic E-state index is 11.9. The van der Waals surface area contributed by atoms with Gasteiger partial charge in [-0.3, -0.25) is 4.79 Å². The molecule has 2 aromatic rings. The normalized spacial score (nSPS) is 11.0. The Morgan fingerprint density at radius 1 is 0.952 bits per heavy atom. The van der Waals surface area contributed by atoms with Crippen LogP contribution >= 0.6 is 15.9 Å². The third kappa shape index (κ3) is 4.98. The van der Waals surface area contributed by atoms with Gasteiger partial charge in [-0.2, -0.15) is 0 Å². The molecule has 0 saturated carbocycles. The minimum Gasteiger partial charge on any atom is -0.294 e. The molecular weight excluding hydrogens is 324 g/mol. The summed E-state index contributed by atoms with van der Waals surface area (Å²) in [6.45, 7) is 2.10. The molecule has 0 fully saturated rings. The Hall–Kier alpha value is -1.67. The van der Waals surface area contributed by atoms with Crippen LogP contribution < -0.4 is 0 Å². The average Bonchev–Trinajstić information content (AvgIpc) is 2.52. The van der Waals surface area contributed by atoms with Crippen molar-refractivity contribution < 1.29 is 4.79 Å². The number of carbonyl (C=O) groups is 1. The highest BCUT2D eigenvalue weighted by Crippen LogP contribution is 2.14. The monoisotopic (exact) mass is 342 g/mol. The Bertz CT molecular complexity index is 609. The Morgan fingerprint density at radius 3 is 2.00 bits per heavy atom. The van der Waals surface area contributed by atoms with Crippen LogP contribution in [0.1, 0.15) is 47.7 Å². The SMILES string of the molecule is CCCCC(=O)c1ccc(C=Cc2ccc(Br)cc2)cc1. The maximum Gasteiger partial charge on any atom is 0.162 e. The van der Waals surface area contributed by atoms with Crippen LogP contribution in [0.15, 0.2) is 53.0 Å². The smallest absolute Gasteiger partial charge is 0.162 e. The summed E-state index contributed by atoms with van der Waals surface area (Å²) in [6, 6.07) is 16.0. The van der Waals surface area contributed by atoms with Crippen LogP contribution in [-0.2, 0) is 0 Å². The minimum atomic E-state index is 0.236. The molecule has 2 heteroatoms. The summed E-state index contributed by atoms with van der Waals surface area (Å²) in [4.78, 5) is 11.9. The van der Waals surface area contributed by atoms with E-state index in [0.29, 0.717) is 6.42 Å². The molecule has 0 aromatic heterocycles. The Balaban J connectivity index is 2.02. The van der Waals surface area contributed by atoms with Gasteiger partial charge in [0.05, 0.1) is 0 Å². The van der Waals surface area contributed by atoms with Gasteiger partial charge in [-0.1, -0.05) is 77.8 Å². The number of Topliss-reactive ketones (excluding diaryl/α,β-unsaturated/α-hetero) is 1. The number of benzene rings is 2. The van der Waals surface area contributed by atoms with Gasteiger partial charge < -0.3 is 0 Å². The van der Waals surface area contributed by atoms with E-state index in [-0.39, 0.29) is 5.78 Å². The summed E-state index contributed by atoms with van der Waals surface area (Å²) in [5.74, 6) is 0.236. The van der Waals surface area contributed by atoms with Gasteiger partial charge in [0.15, 0.2) is 5.78 Å². The van der Waals surface area contributed by atoms with E-state index < -0.39 is 0 Å². The molecular formula is C19H19BrO. The molecule has 0 atom stereocenters. The zero-order valence-corrected chi connectivity index (χ0v) is 13.8. The number of hydrogen-bond acceptors (Lipinski definition) is 1. The molecule has 0 bridgehead atoms. The second-order valence-electron chi connectivity index (χ2n) is 5.03. The second-order valence-corrected chi connectivity index (χ2v) is 5.95. The molecule has 1 nitrogen and oxygen atoms in total. The summed E-state index contributed by atoms with van der Waals surface area (Å²) >= 11 is 3.42. The molecule has 0 heterocycles. The van der Waals surface area contributed by atoms with Gasteiger partial charge >= 0.3 is 0 Å². The lowest BCUT2D eigenvalue weighted by molar-refractivity contribution is 0.0980. The van der Waals surface area contributed by atoms with E-state index in [1.54, 1.807) is 0 Å². The molecule has 21 heavy (non-hydrogen) atoms. The van der Waals surface area contributed by atoms with Gasteiger partial charge in [-0.05, 0) is 29.7 Å². The molecule has 0 N–H and O–H groups in total.